The molecule has 7 heteroatoms. The van der Waals surface area contributed by atoms with E-state index in [2.05, 4.69) is 5.10 Å². The van der Waals surface area contributed by atoms with Crippen LogP contribution in [-0.4, -0.2) is 15.6 Å². The molecule has 100 valence electrons. The molecule has 0 bridgehead atoms. The average Bonchev–Trinajstić information content (AvgIpc) is 2.63. The van der Waals surface area contributed by atoms with Gasteiger partial charge in [0.2, 0.25) is 0 Å². The molecule has 0 N–H and O–H groups in total. The lowest BCUT2D eigenvalue weighted by Gasteiger charge is -2.13. The largest absolute Gasteiger partial charge is 0.292 e. The lowest BCUT2D eigenvalue weighted by atomic mass is 10.1. The molecular weight excluding hydrogens is 252 g/mol. The first-order valence-electron chi connectivity index (χ1n) is 5.48. The van der Waals surface area contributed by atoms with Crippen LogP contribution in [0.15, 0.2) is 0 Å². The monoisotopic (exact) mass is 264 g/mol. The summed E-state index contributed by atoms with van der Waals surface area (Å²) in [4.78, 5) is 11.6. The molecule has 1 aliphatic rings. The zero-order valence-electron chi connectivity index (χ0n) is 10.1. The van der Waals surface area contributed by atoms with Gasteiger partial charge in [0.25, 0.3) is 11.8 Å². The van der Waals surface area contributed by atoms with E-state index in [-0.39, 0.29) is 5.69 Å². The van der Waals surface area contributed by atoms with Crippen molar-refractivity contribution in [2.24, 2.45) is 0 Å². The van der Waals surface area contributed by atoms with Crippen molar-refractivity contribution in [3.63, 3.8) is 0 Å². The predicted octanol–water partition coefficient (Wildman–Crippen LogP) is 3.25. The number of halogens is 4. The first kappa shape index (κ1) is 13.0. The minimum atomic E-state index is -3.56. The molecule has 0 amide bonds. The molecule has 0 saturated carbocycles. The van der Waals surface area contributed by atoms with E-state index in [4.69, 9.17) is 0 Å². The molecule has 1 aromatic heterocycles. The van der Waals surface area contributed by atoms with Gasteiger partial charge in [-0.1, -0.05) is 0 Å². The number of hydrogen-bond acceptors (Lipinski definition) is 2. The summed E-state index contributed by atoms with van der Waals surface area (Å²) in [6, 6.07) is -0.437. The fourth-order valence-electron chi connectivity index (χ4n) is 2.10. The minimum Gasteiger partial charge on any atom is -0.292 e. The Morgan fingerprint density at radius 2 is 1.94 bits per heavy atom. The van der Waals surface area contributed by atoms with E-state index in [1.807, 2.05) is 0 Å². The maximum atomic E-state index is 13.6. The van der Waals surface area contributed by atoms with E-state index in [0.717, 1.165) is 4.68 Å². The Bertz CT molecular complexity index is 514. The van der Waals surface area contributed by atoms with Crippen molar-refractivity contribution in [1.29, 1.82) is 0 Å². The highest BCUT2D eigenvalue weighted by Crippen LogP contribution is 2.47. The molecule has 1 aromatic rings. The molecule has 0 atom stereocenters. The van der Waals surface area contributed by atoms with Gasteiger partial charge >= 0.3 is 0 Å². The molecule has 1 heterocycles. The number of fused-ring (bicyclic) bond motifs is 1. The predicted molar refractivity (Wildman–Crippen MR) is 55.0 cm³/mol. The highest BCUT2D eigenvalue weighted by Gasteiger charge is 2.53. The van der Waals surface area contributed by atoms with Crippen molar-refractivity contribution < 1.29 is 22.4 Å². The van der Waals surface area contributed by atoms with Gasteiger partial charge in [0.05, 0.1) is 12.0 Å². The second-order valence-corrected chi connectivity index (χ2v) is 4.80. The number of aromatic nitrogens is 2. The Balaban J connectivity index is 2.77. The average molecular weight is 264 g/mol. The number of ketones is 1. The molecule has 0 aliphatic heterocycles. The molecule has 0 saturated heterocycles. The van der Waals surface area contributed by atoms with Gasteiger partial charge in [0.15, 0.2) is 5.78 Å². The van der Waals surface area contributed by atoms with Crippen molar-refractivity contribution in [3.05, 3.63) is 17.0 Å². The Morgan fingerprint density at radius 3 is 2.39 bits per heavy atom. The topological polar surface area (TPSA) is 34.9 Å². The van der Waals surface area contributed by atoms with Crippen LogP contribution in [0.25, 0.3) is 0 Å². The number of nitrogens with zero attached hydrogens (tertiary/aromatic N) is 2. The molecule has 0 fully saturated rings. The summed E-state index contributed by atoms with van der Waals surface area (Å²) in [6.07, 6.45) is -1.06. The molecule has 0 spiro atoms. The summed E-state index contributed by atoms with van der Waals surface area (Å²) >= 11 is 0. The zero-order valence-corrected chi connectivity index (χ0v) is 10.1. The van der Waals surface area contributed by atoms with Crippen molar-refractivity contribution >= 4 is 5.78 Å². The summed E-state index contributed by atoms with van der Waals surface area (Å²) in [5, 5.41) is 3.51. The molecule has 2 rings (SSSR count). The fourth-order valence-corrected chi connectivity index (χ4v) is 2.10. The van der Waals surface area contributed by atoms with E-state index >= 15 is 0 Å². The van der Waals surface area contributed by atoms with Gasteiger partial charge in [-0.05, 0) is 13.8 Å². The van der Waals surface area contributed by atoms with Crippen LogP contribution in [-0.2, 0) is 11.8 Å². The summed E-state index contributed by atoms with van der Waals surface area (Å²) in [5.41, 5.74) is -2.29. The summed E-state index contributed by atoms with van der Waals surface area (Å²) < 4.78 is 54.9. The number of rotatable bonds is 2. The van der Waals surface area contributed by atoms with Crippen LogP contribution in [0.4, 0.5) is 17.6 Å². The molecule has 18 heavy (non-hydrogen) atoms. The van der Waals surface area contributed by atoms with Gasteiger partial charge in [-0.25, -0.2) is 8.78 Å². The lowest BCUT2D eigenvalue weighted by Crippen LogP contribution is -2.18. The first-order chi connectivity index (χ1) is 8.05. The molecule has 0 unspecified atom stereocenters. The van der Waals surface area contributed by atoms with Gasteiger partial charge in [-0.2, -0.15) is 13.9 Å². The van der Waals surface area contributed by atoms with Gasteiger partial charge in [-0.3, -0.25) is 9.48 Å². The van der Waals surface area contributed by atoms with E-state index in [0.29, 0.717) is 6.92 Å². The summed E-state index contributed by atoms with van der Waals surface area (Å²) in [5.74, 6) is -7.90. The van der Waals surface area contributed by atoms with E-state index in [9.17, 15) is 22.4 Å². The maximum absolute atomic E-state index is 13.6. The van der Waals surface area contributed by atoms with Crippen LogP contribution in [0.1, 0.15) is 55.0 Å². The highest BCUT2D eigenvalue weighted by atomic mass is 19.3. The molecular formula is C11H12F4N2O. The first-order valence-corrected chi connectivity index (χ1v) is 5.48. The molecule has 0 aromatic carbocycles. The van der Waals surface area contributed by atoms with E-state index in [1.54, 1.807) is 13.8 Å². The second kappa shape index (κ2) is 3.55. The highest BCUT2D eigenvalue weighted by molar-refractivity contribution is 6.00. The summed E-state index contributed by atoms with van der Waals surface area (Å²) in [7, 11) is 0. The van der Waals surface area contributed by atoms with E-state index in [1.165, 1.54) is 0 Å². The quantitative estimate of drug-likeness (QED) is 0.768. The fraction of sp³-hybridized carbons (Fsp3) is 0.636. The number of carbonyl (C=O) groups excluding carboxylic acids is 1. The van der Waals surface area contributed by atoms with Gasteiger partial charge in [0.1, 0.15) is 11.4 Å². The molecule has 3 nitrogen and oxygen atoms in total. The van der Waals surface area contributed by atoms with Crippen LogP contribution in [0, 0.1) is 0 Å². The Morgan fingerprint density at radius 1 is 1.39 bits per heavy atom. The standard InChI is InChI=1S/C11H12F4N2O/c1-5(2)17-8-6(18)4-11(14,15)7(8)9(16-17)10(3,12)13/h5H,4H2,1-3H3. The Hall–Kier alpha value is -1.40. The smallest absolute Gasteiger partial charge is 0.289 e. The van der Waals surface area contributed by atoms with Gasteiger partial charge in [0, 0.05) is 13.0 Å². The summed E-state index contributed by atoms with van der Waals surface area (Å²) in [6.45, 7) is 3.68. The van der Waals surface area contributed by atoms with Crippen LogP contribution in [0.2, 0.25) is 0 Å². The molecule has 0 radical (unpaired) electrons. The normalized spacial score (nSPS) is 18.6. The van der Waals surface area contributed by atoms with Crippen LogP contribution in [0.3, 0.4) is 0 Å². The van der Waals surface area contributed by atoms with Gasteiger partial charge < -0.3 is 0 Å². The van der Waals surface area contributed by atoms with Crippen molar-refractivity contribution in [2.45, 2.75) is 45.1 Å². The number of alkyl halides is 4. The number of hydrogen-bond donors (Lipinski definition) is 0. The maximum Gasteiger partial charge on any atom is 0.289 e. The van der Waals surface area contributed by atoms with Crippen LogP contribution >= 0.6 is 0 Å². The number of carbonyl (C=O) groups is 1. The Labute approximate surface area is 101 Å². The van der Waals surface area contributed by atoms with E-state index < -0.39 is 41.3 Å². The third-order valence-electron chi connectivity index (χ3n) is 2.83. The van der Waals surface area contributed by atoms with Crippen LogP contribution in [0.5, 0.6) is 0 Å². The third kappa shape index (κ3) is 1.72. The van der Waals surface area contributed by atoms with Crippen molar-refractivity contribution in [1.82, 2.24) is 9.78 Å². The van der Waals surface area contributed by atoms with Crippen molar-refractivity contribution in [2.75, 3.05) is 0 Å². The van der Waals surface area contributed by atoms with Crippen LogP contribution < -0.4 is 0 Å². The lowest BCUT2D eigenvalue weighted by molar-refractivity contribution is -0.0202. The molecule has 1 aliphatic carbocycles. The van der Waals surface area contributed by atoms with Gasteiger partial charge in [-0.15, -0.1) is 0 Å². The van der Waals surface area contributed by atoms with Crippen molar-refractivity contribution in [3.8, 4) is 0 Å². The zero-order chi connectivity index (χ0) is 13.9. The second-order valence-electron chi connectivity index (χ2n) is 4.80. The third-order valence-corrected chi connectivity index (χ3v) is 2.83. The number of Topliss-reactive ketones (excluding diaryl/α,β-unsaturated/α-hetero) is 1. The minimum absolute atomic E-state index is 0.383. The SMILES string of the molecule is CC(C)n1nc(C(C)(F)F)c2c1C(=O)CC2(F)F. The Kier molecular flexibility index (Phi) is 2.57.